The summed E-state index contributed by atoms with van der Waals surface area (Å²) in [6, 6.07) is 9.24. The number of benzene rings is 1. The van der Waals surface area contributed by atoms with Gasteiger partial charge in [0.15, 0.2) is 10.8 Å². The largest absolute Gasteiger partial charge is 0.304 e. The minimum Gasteiger partial charge on any atom is -0.304 e. The van der Waals surface area contributed by atoms with Crippen molar-refractivity contribution in [2.24, 2.45) is 0 Å². The van der Waals surface area contributed by atoms with Gasteiger partial charge in [-0.2, -0.15) is 0 Å². The van der Waals surface area contributed by atoms with E-state index in [1.165, 1.54) is 11.8 Å². The number of para-hydroxylation sites is 1. The van der Waals surface area contributed by atoms with Crippen molar-refractivity contribution in [1.29, 1.82) is 0 Å². The zero-order chi connectivity index (χ0) is 21.5. The highest BCUT2D eigenvalue weighted by atomic mass is 35.5. The molecule has 0 amide bonds. The Bertz CT molecular complexity index is 1490. The van der Waals surface area contributed by atoms with Gasteiger partial charge in [0.05, 0.1) is 26.6 Å². The highest BCUT2D eigenvalue weighted by molar-refractivity contribution is 7.98. The monoisotopic (exact) mass is 472 g/mol. The zero-order valence-electron chi connectivity index (χ0n) is 16.6. The summed E-state index contributed by atoms with van der Waals surface area (Å²) in [5, 5.41) is 11.2. The van der Waals surface area contributed by atoms with Crippen molar-refractivity contribution in [1.82, 2.24) is 28.5 Å². The summed E-state index contributed by atoms with van der Waals surface area (Å²) < 4.78 is 5.49. The van der Waals surface area contributed by atoms with Crippen molar-refractivity contribution in [3.8, 4) is 0 Å². The van der Waals surface area contributed by atoms with E-state index in [1.54, 1.807) is 16.8 Å². The predicted octanol–water partition coefficient (Wildman–Crippen LogP) is 5.09. The van der Waals surface area contributed by atoms with E-state index in [4.69, 9.17) is 23.2 Å². The van der Waals surface area contributed by atoms with Crippen molar-refractivity contribution in [3.05, 3.63) is 68.8 Å². The van der Waals surface area contributed by atoms with Crippen LogP contribution in [-0.4, -0.2) is 28.5 Å². The van der Waals surface area contributed by atoms with Gasteiger partial charge in [0.25, 0.3) is 5.56 Å². The van der Waals surface area contributed by atoms with E-state index in [2.05, 4.69) is 22.1 Å². The zero-order valence-corrected chi connectivity index (χ0v) is 19.0. The second-order valence-electron chi connectivity index (χ2n) is 7.20. The van der Waals surface area contributed by atoms with E-state index in [9.17, 15) is 4.79 Å². The number of thioether (sulfide) groups is 1. The lowest BCUT2D eigenvalue weighted by Gasteiger charge is -2.10. The van der Waals surface area contributed by atoms with Crippen molar-refractivity contribution >= 4 is 57.3 Å². The number of nitrogens with zero attached hydrogens (tertiary/aromatic N) is 6. The van der Waals surface area contributed by atoms with Gasteiger partial charge in [-0.1, -0.05) is 60.4 Å². The molecule has 1 aromatic carbocycles. The van der Waals surface area contributed by atoms with Gasteiger partial charge in [0.2, 0.25) is 5.78 Å². The number of aryl methyl sites for hydroxylation is 1. The molecule has 5 rings (SSSR count). The number of aromatic nitrogens is 6. The predicted molar refractivity (Wildman–Crippen MR) is 124 cm³/mol. The number of pyridine rings is 1. The van der Waals surface area contributed by atoms with E-state index in [-0.39, 0.29) is 5.56 Å². The van der Waals surface area contributed by atoms with E-state index in [1.807, 2.05) is 39.3 Å². The van der Waals surface area contributed by atoms with Crippen molar-refractivity contribution in [3.63, 3.8) is 0 Å². The Balaban J connectivity index is 1.57. The summed E-state index contributed by atoms with van der Waals surface area (Å²) >= 11 is 13.9. The van der Waals surface area contributed by atoms with Crippen LogP contribution in [0, 0.1) is 0 Å². The minimum absolute atomic E-state index is 0.0348. The highest BCUT2D eigenvalue weighted by Gasteiger charge is 2.17. The summed E-state index contributed by atoms with van der Waals surface area (Å²) in [7, 11) is 0. The van der Waals surface area contributed by atoms with E-state index in [0.29, 0.717) is 44.3 Å². The Kier molecular flexibility index (Phi) is 5.37. The van der Waals surface area contributed by atoms with Gasteiger partial charge in [-0.25, -0.2) is 4.98 Å². The first-order chi connectivity index (χ1) is 15.1. The summed E-state index contributed by atoms with van der Waals surface area (Å²) in [6.07, 6.45) is 5.56. The molecule has 0 N–H and O–H groups in total. The maximum absolute atomic E-state index is 13.0. The van der Waals surface area contributed by atoms with Crippen LogP contribution in [0.3, 0.4) is 0 Å². The standard InChI is InChI=1S/C21H18Cl2N6OS/c1-2-3-8-28-19(30)15-6-4-5-7-17(15)29-20(28)25-26-21(29)31-12-14-11-27-10-13(22)9-16(23)18(27)24-14/h4-7,9-11H,2-3,8,12H2,1H3. The molecule has 0 atom stereocenters. The molecule has 5 aromatic rings. The van der Waals surface area contributed by atoms with Crippen LogP contribution in [0.15, 0.2) is 52.7 Å². The molecule has 0 aliphatic rings. The molecule has 0 saturated heterocycles. The Morgan fingerprint density at radius 1 is 1.13 bits per heavy atom. The lowest BCUT2D eigenvalue weighted by atomic mass is 10.2. The van der Waals surface area contributed by atoms with Crippen LogP contribution in [-0.2, 0) is 12.3 Å². The SMILES string of the molecule is CCCCn1c(=O)c2ccccc2n2c(SCc3cn4cc(Cl)cc(Cl)c4n3)nnc12. The number of halogens is 2. The number of rotatable bonds is 6. The van der Waals surface area contributed by atoms with Crippen LogP contribution in [0.4, 0.5) is 0 Å². The van der Waals surface area contributed by atoms with Crippen molar-refractivity contribution in [2.45, 2.75) is 37.2 Å². The average Bonchev–Trinajstić information content (AvgIpc) is 3.36. The highest BCUT2D eigenvalue weighted by Crippen LogP contribution is 2.27. The van der Waals surface area contributed by atoms with Gasteiger partial charge in [-0.15, -0.1) is 10.2 Å². The lowest BCUT2D eigenvalue weighted by molar-refractivity contribution is 0.620. The van der Waals surface area contributed by atoms with Gasteiger partial charge in [-0.3, -0.25) is 13.8 Å². The fourth-order valence-electron chi connectivity index (χ4n) is 3.63. The third kappa shape index (κ3) is 3.58. The van der Waals surface area contributed by atoms with E-state index in [0.717, 1.165) is 24.1 Å². The molecule has 4 heterocycles. The fourth-order valence-corrected chi connectivity index (χ4v) is 4.98. The Morgan fingerprint density at radius 2 is 1.97 bits per heavy atom. The molecule has 0 aliphatic carbocycles. The molecule has 10 heteroatoms. The Labute approximate surface area is 191 Å². The van der Waals surface area contributed by atoms with Crippen LogP contribution in [0.2, 0.25) is 10.0 Å². The maximum Gasteiger partial charge on any atom is 0.262 e. The number of unbranched alkanes of at least 4 members (excludes halogenated alkanes) is 1. The third-order valence-electron chi connectivity index (χ3n) is 5.09. The molecule has 31 heavy (non-hydrogen) atoms. The van der Waals surface area contributed by atoms with Crippen LogP contribution in [0.25, 0.3) is 22.3 Å². The molecule has 158 valence electrons. The summed E-state index contributed by atoms with van der Waals surface area (Å²) in [5.41, 5.74) is 2.26. The van der Waals surface area contributed by atoms with Crippen LogP contribution in [0.1, 0.15) is 25.5 Å². The average molecular weight is 473 g/mol. The molecule has 0 spiro atoms. The lowest BCUT2D eigenvalue weighted by Crippen LogP contribution is -2.23. The second-order valence-corrected chi connectivity index (χ2v) is 8.99. The van der Waals surface area contributed by atoms with Crippen LogP contribution in [0.5, 0.6) is 0 Å². The number of hydrogen-bond donors (Lipinski definition) is 0. The van der Waals surface area contributed by atoms with E-state index >= 15 is 0 Å². The normalized spacial score (nSPS) is 11.8. The molecule has 0 aliphatic heterocycles. The molecular weight excluding hydrogens is 455 g/mol. The van der Waals surface area contributed by atoms with Crippen molar-refractivity contribution in [2.75, 3.05) is 0 Å². The molecule has 0 radical (unpaired) electrons. The summed E-state index contributed by atoms with van der Waals surface area (Å²) in [6.45, 7) is 2.71. The molecule has 4 aromatic heterocycles. The Hall–Kier alpha value is -2.55. The number of hydrogen-bond acceptors (Lipinski definition) is 5. The van der Waals surface area contributed by atoms with Crippen LogP contribution < -0.4 is 5.56 Å². The quantitative estimate of drug-likeness (QED) is 0.322. The molecule has 0 saturated carbocycles. The van der Waals surface area contributed by atoms with Gasteiger partial charge < -0.3 is 4.40 Å². The number of imidazole rings is 1. The van der Waals surface area contributed by atoms with Gasteiger partial charge in [-0.05, 0) is 24.6 Å². The number of fused-ring (bicyclic) bond motifs is 4. The summed E-state index contributed by atoms with van der Waals surface area (Å²) in [4.78, 5) is 17.6. The first-order valence-corrected chi connectivity index (χ1v) is 11.6. The van der Waals surface area contributed by atoms with Crippen molar-refractivity contribution < 1.29 is 0 Å². The second kappa shape index (κ2) is 8.18. The molecule has 0 fully saturated rings. The van der Waals surface area contributed by atoms with Gasteiger partial charge in [0.1, 0.15) is 0 Å². The molecular formula is C21H18Cl2N6OS. The van der Waals surface area contributed by atoms with Gasteiger partial charge >= 0.3 is 0 Å². The maximum atomic E-state index is 13.0. The van der Waals surface area contributed by atoms with E-state index < -0.39 is 0 Å². The minimum atomic E-state index is -0.0348. The Morgan fingerprint density at radius 3 is 2.81 bits per heavy atom. The molecule has 7 nitrogen and oxygen atoms in total. The topological polar surface area (TPSA) is 69.5 Å². The fraction of sp³-hybridized carbons (Fsp3) is 0.238. The van der Waals surface area contributed by atoms with Gasteiger partial charge in [0, 0.05) is 24.7 Å². The molecule has 0 unspecified atom stereocenters. The third-order valence-corrected chi connectivity index (χ3v) is 6.53. The first kappa shape index (κ1) is 20.4. The molecule has 0 bridgehead atoms. The first-order valence-electron chi connectivity index (χ1n) is 9.89. The summed E-state index contributed by atoms with van der Waals surface area (Å²) in [5.74, 6) is 1.13. The van der Waals surface area contributed by atoms with Crippen LogP contribution >= 0.6 is 35.0 Å². The smallest absolute Gasteiger partial charge is 0.262 e.